The Labute approximate surface area is 137 Å². The van der Waals surface area contributed by atoms with Crippen LogP contribution in [0.3, 0.4) is 0 Å². The van der Waals surface area contributed by atoms with Crippen LogP contribution in [0.1, 0.15) is 12.8 Å². The predicted molar refractivity (Wildman–Crippen MR) is 94.8 cm³/mol. The number of benzene rings is 1. The summed E-state index contributed by atoms with van der Waals surface area (Å²) in [5, 5.41) is 7.90. The van der Waals surface area contributed by atoms with E-state index in [1.54, 1.807) is 0 Å². The van der Waals surface area contributed by atoms with Crippen molar-refractivity contribution in [2.75, 3.05) is 50.5 Å². The summed E-state index contributed by atoms with van der Waals surface area (Å²) in [6.07, 6.45) is 2.49. The van der Waals surface area contributed by atoms with Crippen LogP contribution in [0.4, 0.5) is 11.4 Å². The van der Waals surface area contributed by atoms with E-state index in [1.165, 1.54) is 23.4 Å². The molecular weight excluding hydrogens is 304 g/mol. The minimum atomic E-state index is 0.652. The summed E-state index contributed by atoms with van der Waals surface area (Å²) in [6, 6.07) is 5.95. The van der Waals surface area contributed by atoms with Crippen molar-refractivity contribution in [3.05, 3.63) is 23.2 Å². The van der Waals surface area contributed by atoms with Crippen LogP contribution in [0.5, 0.6) is 0 Å². The zero-order chi connectivity index (χ0) is 15.2. The molecule has 1 aliphatic rings. The summed E-state index contributed by atoms with van der Waals surface area (Å²) in [6.45, 7) is 4.07. The summed E-state index contributed by atoms with van der Waals surface area (Å²) >= 11 is 11.5. The van der Waals surface area contributed by atoms with Gasteiger partial charge >= 0.3 is 0 Å². The smallest absolute Gasteiger partial charge is 0.171 e. The lowest BCUT2D eigenvalue weighted by atomic mass is 10.2. The van der Waals surface area contributed by atoms with Crippen molar-refractivity contribution in [3.8, 4) is 0 Å². The molecule has 0 aromatic heterocycles. The van der Waals surface area contributed by atoms with Crippen LogP contribution in [0.15, 0.2) is 18.2 Å². The number of anilines is 2. The molecule has 21 heavy (non-hydrogen) atoms. The van der Waals surface area contributed by atoms with Crippen molar-refractivity contribution in [1.82, 2.24) is 5.32 Å². The van der Waals surface area contributed by atoms with Gasteiger partial charge in [0.25, 0.3) is 0 Å². The Morgan fingerprint density at radius 1 is 1.33 bits per heavy atom. The van der Waals surface area contributed by atoms with Gasteiger partial charge in [-0.2, -0.15) is 0 Å². The van der Waals surface area contributed by atoms with Crippen LogP contribution in [-0.4, -0.2) is 45.4 Å². The summed E-state index contributed by atoms with van der Waals surface area (Å²) in [7, 11) is 4.25. The molecule has 0 spiro atoms. The standard InChI is InChI=1S/C15H23ClN4S/c1-19(2)10-7-17-15(21)18-13-11-12(16)5-6-14(13)20-8-3-4-9-20/h5-6,11H,3-4,7-10H2,1-2H3,(H2,17,18,21)/p+1. The van der Waals surface area contributed by atoms with Crippen molar-refractivity contribution in [2.45, 2.75) is 12.8 Å². The Hall–Kier alpha value is -1.04. The first-order valence-electron chi connectivity index (χ1n) is 7.44. The molecule has 0 amide bonds. The van der Waals surface area contributed by atoms with Gasteiger partial charge < -0.3 is 20.4 Å². The van der Waals surface area contributed by atoms with E-state index in [4.69, 9.17) is 23.8 Å². The molecule has 3 N–H and O–H groups in total. The molecule has 1 aliphatic heterocycles. The van der Waals surface area contributed by atoms with Gasteiger partial charge in [0.05, 0.1) is 38.6 Å². The first-order chi connectivity index (χ1) is 10.1. The Morgan fingerprint density at radius 3 is 2.71 bits per heavy atom. The molecule has 2 rings (SSSR count). The molecule has 6 heteroatoms. The van der Waals surface area contributed by atoms with E-state index in [2.05, 4.69) is 35.7 Å². The quantitative estimate of drug-likeness (QED) is 0.713. The van der Waals surface area contributed by atoms with Gasteiger partial charge in [-0.1, -0.05) is 11.6 Å². The third-order valence-electron chi connectivity index (χ3n) is 3.56. The lowest BCUT2D eigenvalue weighted by Crippen LogP contribution is -3.06. The van der Waals surface area contributed by atoms with E-state index < -0.39 is 0 Å². The highest BCUT2D eigenvalue weighted by Gasteiger charge is 2.16. The maximum atomic E-state index is 6.13. The topological polar surface area (TPSA) is 31.7 Å². The van der Waals surface area contributed by atoms with Gasteiger partial charge in [-0.3, -0.25) is 0 Å². The Bertz CT molecular complexity index is 487. The molecule has 0 radical (unpaired) electrons. The number of hydrogen-bond donors (Lipinski definition) is 3. The fourth-order valence-electron chi connectivity index (χ4n) is 2.43. The van der Waals surface area contributed by atoms with E-state index in [0.29, 0.717) is 5.11 Å². The van der Waals surface area contributed by atoms with Crippen LogP contribution < -0.4 is 20.4 Å². The van der Waals surface area contributed by atoms with Crippen LogP contribution in [0.25, 0.3) is 0 Å². The van der Waals surface area contributed by atoms with Gasteiger partial charge in [0.2, 0.25) is 0 Å². The number of hydrogen-bond acceptors (Lipinski definition) is 2. The van der Waals surface area contributed by atoms with Gasteiger partial charge in [0, 0.05) is 18.1 Å². The average Bonchev–Trinajstić information content (AvgIpc) is 2.92. The first-order valence-corrected chi connectivity index (χ1v) is 8.23. The number of rotatable bonds is 5. The second-order valence-corrected chi connectivity index (χ2v) is 6.54. The van der Waals surface area contributed by atoms with E-state index in [9.17, 15) is 0 Å². The van der Waals surface area contributed by atoms with Crippen LogP contribution >= 0.6 is 23.8 Å². The highest BCUT2D eigenvalue weighted by atomic mass is 35.5. The van der Waals surface area contributed by atoms with Gasteiger partial charge in [-0.15, -0.1) is 0 Å². The zero-order valence-electron chi connectivity index (χ0n) is 12.7. The van der Waals surface area contributed by atoms with Crippen molar-refractivity contribution in [3.63, 3.8) is 0 Å². The molecule has 0 unspecified atom stereocenters. The maximum absolute atomic E-state index is 6.13. The summed E-state index contributed by atoms with van der Waals surface area (Å²) in [5.41, 5.74) is 2.17. The van der Waals surface area contributed by atoms with Crippen molar-refractivity contribution >= 4 is 40.3 Å². The lowest BCUT2D eigenvalue weighted by molar-refractivity contribution is -0.856. The van der Waals surface area contributed by atoms with Crippen LogP contribution in [-0.2, 0) is 0 Å². The Balaban J connectivity index is 2.00. The van der Waals surface area contributed by atoms with Crippen molar-refractivity contribution < 1.29 is 4.90 Å². The average molecular weight is 328 g/mol. The molecule has 1 saturated heterocycles. The van der Waals surface area contributed by atoms with Gasteiger partial charge in [0.1, 0.15) is 0 Å². The number of quaternary nitrogens is 1. The monoisotopic (exact) mass is 327 g/mol. The van der Waals surface area contributed by atoms with Gasteiger partial charge in [-0.25, -0.2) is 0 Å². The minimum absolute atomic E-state index is 0.652. The molecule has 0 aliphatic carbocycles. The number of nitrogens with zero attached hydrogens (tertiary/aromatic N) is 1. The number of thiocarbonyl (C=S) groups is 1. The fourth-order valence-corrected chi connectivity index (χ4v) is 2.82. The number of halogens is 1. The molecule has 1 fully saturated rings. The van der Waals surface area contributed by atoms with Crippen molar-refractivity contribution in [2.24, 2.45) is 0 Å². The molecule has 1 aromatic carbocycles. The van der Waals surface area contributed by atoms with E-state index >= 15 is 0 Å². The van der Waals surface area contributed by atoms with Crippen LogP contribution in [0.2, 0.25) is 5.02 Å². The highest BCUT2D eigenvalue weighted by molar-refractivity contribution is 7.80. The van der Waals surface area contributed by atoms with E-state index in [1.807, 2.05) is 12.1 Å². The summed E-state index contributed by atoms with van der Waals surface area (Å²) < 4.78 is 0. The molecule has 116 valence electrons. The molecular formula is C15H24ClN4S+. The van der Waals surface area contributed by atoms with Crippen LogP contribution in [0, 0.1) is 0 Å². The highest BCUT2D eigenvalue weighted by Crippen LogP contribution is 2.31. The molecule has 0 atom stereocenters. The predicted octanol–water partition coefficient (Wildman–Crippen LogP) is 1.37. The van der Waals surface area contributed by atoms with Gasteiger partial charge in [-0.05, 0) is 43.3 Å². The normalized spacial score (nSPS) is 14.6. The molecule has 0 saturated carbocycles. The zero-order valence-corrected chi connectivity index (χ0v) is 14.3. The lowest BCUT2D eigenvalue weighted by Gasteiger charge is -2.22. The third kappa shape index (κ3) is 5.02. The minimum Gasteiger partial charge on any atom is -0.370 e. The summed E-state index contributed by atoms with van der Waals surface area (Å²) in [4.78, 5) is 3.77. The second kappa shape index (κ2) is 7.82. The van der Waals surface area contributed by atoms with Gasteiger partial charge in [0.15, 0.2) is 5.11 Å². The third-order valence-corrected chi connectivity index (χ3v) is 4.05. The molecule has 1 heterocycles. The van der Waals surface area contributed by atoms with E-state index in [-0.39, 0.29) is 0 Å². The fraction of sp³-hybridized carbons (Fsp3) is 0.533. The second-order valence-electron chi connectivity index (χ2n) is 5.69. The SMILES string of the molecule is C[NH+](C)CCNC(=S)Nc1cc(Cl)ccc1N1CCCC1. The molecule has 4 nitrogen and oxygen atoms in total. The van der Waals surface area contributed by atoms with Crippen molar-refractivity contribution in [1.29, 1.82) is 0 Å². The molecule has 0 bridgehead atoms. The Morgan fingerprint density at radius 2 is 2.05 bits per heavy atom. The first kappa shape index (κ1) is 16.3. The number of nitrogens with one attached hydrogen (secondary N) is 3. The number of likely N-dealkylation sites (N-methyl/N-ethyl adjacent to an activating group) is 1. The Kier molecular flexibility index (Phi) is 6.08. The van der Waals surface area contributed by atoms with E-state index in [0.717, 1.165) is 36.9 Å². The maximum Gasteiger partial charge on any atom is 0.171 e. The largest absolute Gasteiger partial charge is 0.370 e. The molecule has 1 aromatic rings. The summed E-state index contributed by atoms with van der Waals surface area (Å²) in [5.74, 6) is 0.